The maximum atomic E-state index is 12.5. The van der Waals surface area contributed by atoms with Crippen molar-refractivity contribution in [2.75, 3.05) is 13.1 Å². The summed E-state index contributed by atoms with van der Waals surface area (Å²) < 4.78 is 5.94. The van der Waals surface area contributed by atoms with Gasteiger partial charge in [-0.25, -0.2) is 0 Å². The van der Waals surface area contributed by atoms with Crippen molar-refractivity contribution in [1.82, 2.24) is 4.90 Å². The largest absolute Gasteiger partial charge is 0.409 e. The zero-order valence-corrected chi connectivity index (χ0v) is 12.4. The highest BCUT2D eigenvalue weighted by molar-refractivity contribution is 6.02. The van der Waals surface area contributed by atoms with Crippen molar-refractivity contribution in [2.24, 2.45) is 16.8 Å². The third-order valence-electron chi connectivity index (χ3n) is 3.19. The zero-order valence-electron chi connectivity index (χ0n) is 12.4. The Balaban J connectivity index is 2.92. The fourth-order valence-electron chi connectivity index (χ4n) is 2.74. The molecule has 3 N–H and O–H groups in total. The second-order valence-electron chi connectivity index (χ2n) is 6.30. The molecule has 0 aliphatic carbocycles. The fourth-order valence-corrected chi connectivity index (χ4v) is 2.74. The fraction of sp³-hybridized carbons (Fsp3) is 0.846. The van der Waals surface area contributed by atoms with E-state index >= 15 is 0 Å². The van der Waals surface area contributed by atoms with Gasteiger partial charge in [0.05, 0.1) is 17.1 Å². The molecular weight excluding hydrogens is 246 g/mol. The van der Waals surface area contributed by atoms with E-state index in [4.69, 9.17) is 15.7 Å². The van der Waals surface area contributed by atoms with Crippen molar-refractivity contribution in [1.29, 1.82) is 0 Å². The van der Waals surface area contributed by atoms with Gasteiger partial charge in [0.1, 0.15) is 0 Å². The lowest BCUT2D eigenvalue weighted by molar-refractivity contribution is -0.189. The Morgan fingerprint density at radius 3 is 2.21 bits per heavy atom. The lowest BCUT2D eigenvalue weighted by Crippen LogP contribution is -2.60. The van der Waals surface area contributed by atoms with Crippen molar-refractivity contribution >= 4 is 11.7 Å². The summed E-state index contributed by atoms with van der Waals surface area (Å²) in [5, 5.41) is 11.7. The number of carbonyl (C=O) groups is 1. The Morgan fingerprint density at radius 1 is 1.37 bits per heavy atom. The monoisotopic (exact) mass is 271 g/mol. The van der Waals surface area contributed by atoms with Gasteiger partial charge in [-0.05, 0) is 34.1 Å². The molecule has 1 unspecified atom stereocenters. The third-order valence-corrected chi connectivity index (χ3v) is 3.19. The van der Waals surface area contributed by atoms with E-state index in [1.54, 1.807) is 4.90 Å². The second-order valence-corrected chi connectivity index (χ2v) is 6.30. The number of nitrogens with two attached hydrogens (primary N) is 1. The first-order chi connectivity index (χ1) is 8.62. The van der Waals surface area contributed by atoms with E-state index in [2.05, 4.69) is 5.16 Å². The predicted octanol–water partition coefficient (Wildman–Crippen LogP) is 1.17. The molecule has 1 heterocycles. The van der Waals surface area contributed by atoms with Crippen LogP contribution in [-0.2, 0) is 9.53 Å². The molecule has 19 heavy (non-hydrogen) atoms. The van der Waals surface area contributed by atoms with Crippen LogP contribution < -0.4 is 5.73 Å². The van der Waals surface area contributed by atoms with Gasteiger partial charge in [-0.15, -0.1) is 0 Å². The molecule has 6 nitrogen and oxygen atoms in total. The molecule has 1 amide bonds. The van der Waals surface area contributed by atoms with Gasteiger partial charge in [-0.3, -0.25) is 4.79 Å². The molecule has 6 heteroatoms. The topological polar surface area (TPSA) is 88.2 Å². The molecule has 1 atom stereocenters. The molecular formula is C13H25N3O3. The van der Waals surface area contributed by atoms with Crippen molar-refractivity contribution in [2.45, 2.75) is 52.2 Å². The van der Waals surface area contributed by atoms with Crippen molar-refractivity contribution in [3.05, 3.63) is 0 Å². The van der Waals surface area contributed by atoms with Crippen LogP contribution in [0.3, 0.4) is 0 Å². The molecule has 1 aliphatic rings. The summed E-state index contributed by atoms with van der Waals surface area (Å²) in [6, 6.07) is 0. The van der Waals surface area contributed by atoms with Crippen LogP contribution in [0.25, 0.3) is 0 Å². The van der Waals surface area contributed by atoms with Crippen LogP contribution in [-0.4, -0.2) is 46.1 Å². The Kier molecular flexibility index (Phi) is 4.45. The Bertz CT molecular complexity index is 361. The normalized spacial score (nSPS) is 24.1. The van der Waals surface area contributed by atoms with Crippen LogP contribution in [0, 0.1) is 5.92 Å². The van der Waals surface area contributed by atoms with E-state index in [1.807, 2.05) is 34.6 Å². The van der Waals surface area contributed by atoms with Crippen molar-refractivity contribution in [3.63, 3.8) is 0 Å². The average molecular weight is 271 g/mol. The number of nitrogens with zero attached hydrogens (tertiary/aromatic N) is 2. The number of hydrogen-bond acceptors (Lipinski definition) is 4. The molecule has 0 bridgehead atoms. The molecule has 0 radical (unpaired) electrons. The van der Waals surface area contributed by atoms with Crippen LogP contribution in [0.15, 0.2) is 5.16 Å². The van der Waals surface area contributed by atoms with Gasteiger partial charge in [0.15, 0.2) is 5.84 Å². The van der Waals surface area contributed by atoms with Gasteiger partial charge in [0.2, 0.25) is 5.91 Å². The van der Waals surface area contributed by atoms with Crippen molar-refractivity contribution < 1.29 is 14.7 Å². The first-order valence-electron chi connectivity index (χ1n) is 6.58. The molecule has 0 aromatic carbocycles. The smallest absolute Gasteiger partial charge is 0.233 e. The van der Waals surface area contributed by atoms with Gasteiger partial charge in [0, 0.05) is 13.1 Å². The number of morpholine rings is 1. The van der Waals surface area contributed by atoms with E-state index in [1.165, 1.54) is 0 Å². The molecule has 110 valence electrons. The van der Waals surface area contributed by atoms with Gasteiger partial charge >= 0.3 is 0 Å². The highest BCUT2D eigenvalue weighted by Crippen LogP contribution is 2.29. The average Bonchev–Trinajstić information content (AvgIpc) is 2.25. The Labute approximate surface area is 114 Å². The van der Waals surface area contributed by atoms with Crippen molar-refractivity contribution in [3.8, 4) is 0 Å². The highest BCUT2D eigenvalue weighted by Gasteiger charge is 2.41. The Hall–Kier alpha value is -1.30. The summed E-state index contributed by atoms with van der Waals surface area (Å²) in [7, 11) is 0. The molecule has 1 fully saturated rings. The minimum absolute atomic E-state index is 0.0328. The van der Waals surface area contributed by atoms with Gasteiger partial charge in [-0.1, -0.05) is 12.1 Å². The second kappa shape index (κ2) is 5.36. The van der Waals surface area contributed by atoms with E-state index in [9.17, 15) is 4.79 Å². The van der Waals surface area contributed by atoms with Crippen LogP contribution in [0.1, 0.15) is 41.0 Å². The van der Waals surface area contributed by atoms with Crippen LogP contribution in [0.4, 0.5) is 0 Å². The van der Waals surface area contributed by atoms with Crippen LogP contribution >= 0.6 is 0 Å². The number of ether oxygens (including phenoxy) is 1. The van der Waals surface area contributed by atoms with E-state index in [0.29, 0.717) is 19.5 Å². The van der Waals surface area contributed by atoms with E-state index in [-0.39, 0.29) is 11.7 Å². The first-order valence-corrected chi connectivity index (χ1v) is 6.58. The molecule has 0 aromatic heterocycles. The zero-order chi connectivity index (χ0) is 14.8. The number of carbonyl (C=O) groups excluding carboxylic acids is 1. The lowest BCUT2D eigenvalue weighted by atomic mass is 9.96. The summed E-state index contributed by atoms with van der Waals surface area (Å²) in [4.78, 5) is 14.2. The maximum Gasteiger partial charge on any atom is 0.233 e. The van der Waals surface area contributed by atoms with E-state index in [0.717, 1.165) is 0 Å². The number of amidine groups is 1. The quantitative estimate of drug-likeness (QED) is 0.349. The van der Waals surface area contributed by atoms with Crippen LogP contribution in [0.2, 0.25) is 0 Å². The molecule has 1 rings (SSSR count). The predicted molar refractivity (Wildman–Crippen MR) is 73.0 cm³/mol. The molecule has 0 spiro atoms. The van der Waals surface area contributed by atoms with Crippen LogP contribution in [0.5, 0.6) is 0 Å². The maximum absolute atomic E-state index is 12.5. The molecule has 1 aliphatic heterocycles. The summed E-state index contributed by atoms with van der Waals surface area (Å²) in [6.07, 6.45) is 0.507. The first kappa shape index (κ1) is 15.8. The minimum atomic E-state index is -0.574. The summed E-state index contributed by atoms with van der Waals surface area (Å²) in [6.45, 7) is 10.7. The summed E-state index contributed by atoms with van der Waals surface area (Å²) in [5.41, 5.74) is 4.79. The summed E-state index contributed by atoms with van der Waals surface area (Å²) in [5.74, 6) is -0.716. The van der Waals surface area contributed by atoms with Gasteiger partial charge in [0.25, 0.3) is 0 Å². The van der Waals surface area contributed by atoms with Gasteiger partial charge < -0.3 is 20.6 Å². The number of oxime groups is 1. The number of rotatable bonds is 3. The Morgan fingerprint density at radius 2 is 1.84 bits per heavy atom. The van der Waals surface area contributed by atoms with E-state index < -0.39 is 17.1 Å². The summed E-state index contributed by atoms with van der Waals surface area (Å²) >= 11 is 0. The lowest BCUT2D eigenvalue weighted by Gasteiger charge is -2.47. The molecule has 1 saturated heterocycles. The minimum Gasteiger partial charge on any atom is -0.409 e. The number of amides is 1. The molecule has 0 saturated carbocycles. The molecule has 0 aromatic rings. The SMILES string of the molecule is CCC(C(=O)N1CC(C)(C)OC(C)(C)C1)C(N)=NO. The highest BCUT2D eigenvalue weighted by atomic mass is 16.5. The number of hydrogen-bond donors (Lipinski definition) is 2. The van der Waals surface area contributed by atoms with Gasteiger partial charge in [-0.2, -0.15) is 0 Å². The third kappa shape index (κ3) is 3.83. The standard InChI is InChI=1S/C13H25N3O3/c1-6-9(10(14)15-18)11(17)16-7-12(2,3)19-13(4,5)8-16/h9,18H,6-8H2,1-5H3,(H2,14,15).